The molecule has 2 N–H and O–H groups in total. The summed E-state index contributed by atoms with van der Waals surface area (Å²) in [6.45, 7) is 0. The van der Waals surface area contributed by atoms with Crippen molar-refractivity contribution in [3.8, 4) is 0 Å². The van der Waals surface area contributed by atoms with Crippen LogP contribution < -0.4 is 5.73 Å². The number of anilines is 1. The summed E-state index contributed by atoms with van der Waals surface area (Å²) in [4.78, 5) is 0. The van der Waals surface area contributed by atoms with Crippen molar-refractivity contribution in [1.29, 1.82) is 0 Å². The zero-order chi connectivity index (χ0) is 14.4. The summed E-state index contributed by atoms with van der Waals surface area (Å²) in [6.07, 6.45) is 4.85. The van der Waals surface area contributed by atoms with E-state index in [1.165, 1.54) is 31.2 Å². The molecule has 4 rings (SSSR count). The second-order valence-electron chi connectivity index (χ2n) is 6.52. The molecule has 2 aromatic carbocycles. The van der Waals surface area contributed by atoms with Gasteiger partial charge >= 0.3 is 0 Å². The Kier molecular flexibility index (Phi) is 2.81. The van der Waals surface area contributed by atoms with Crippen molar-refractivity contribution in [2.75, 3.05) is 5.73 Å². The lowest BCUT2D eigenvalue weighted by atomic mass is 9.66. The Labute approximate surface area is 125 Å². The van der Waals surface area contributed by atoms with E-state index in [9.17, 15) is 4.39 Å². The molecule has 2 aliphatic carbocycles. The third-order valence-electron chi connectivity index (χ3n) is 5.72. The molecule has 1 nitrogen and oxygen atoms in total. The Morgan fingerprint density at radius 3 is 2.00 bits per heavy atom. The van der Waals surface area contributed by atoms with Gasteiger partial charge < -0.3 is 5.73 Å². The Morgan fingerprint density at radius 1 is 0.857 bits per heavy atom. The lowest BCUT2D eigenvalue weighted by Crippen LogP contribution is -2.34. The Hall–Kier alpha value is -1.83. The topological polar surface area (TPSA) is 26.0 Å². The van der Waals surface area contributed by atoms with Gasteiger partial charge in [-0.05, 0) is 66.8 Å². The maximum Gasteiger partial charge on any atom is 0.127 e. The highest BCUT2D eigenvalue weighted by Crippen LogP contribution is 2.62. The lowest BCUT2D eigenvalue weighted by molar-refractivity contribution is 0.372. The van der Waals surface area contributed by atoms with Gasteiger partial charge in [0.15, 0.2) is 0 Å². The first kappa shape index (κ1) is 12.9. The number of nitrogen functional groups attached to an aromatic ring is 1. The minimum Gasteiger partial charge on any atom is -0.399 e. The van der Waals surface area contributed by atoms with Crippen molar-refractivity contribution < 1.29 is 4.39 Å². The number of halogens is 1. The van der Waals surface area contributed by atoms with Crippen LogP contribution in [-0.2, 0) is 5.41 Å². The molecule has 0 aromatic heterocycles. The van der Waals surface area contributed by atoms with E-state index < -0.39 is 0 Å². The molecule has 0 radical (unpaired) electrons. The van der Waals surface area contributed by atoms with Gasteiger partial charge in [-0.1, -0.05) is 30.3 Å². The summed E-state index contributed by atoms with van der Waals surface area (Å²) < 4.78 is 14.6. The fraction of sp³-hybridized carbons (Fsp3) is 0.368. The van der Waals surface area contributed by atoms with Gasteiger partial charge in [-0.15, -0.1) is 0 Å². The molecule has 2 bridgehead atoms. The largest absolute Gasteiger partial charge is 0.399 e. The summed E-state index contributed by atoms with van der Waals surface area (Å²) in [5.41, 5.74) is 8.61. The monoisotopic (exact) mass is 281 g/mol. The van der Waals surface area contributed by atoms with E-state index >= 15 is 0 Å². The summed E-state index contributed by atoms with van der Waals surface area (Å²) in [5, 5.41) is 0. The molecule has 0 spiro atoms. The second-order valence-corrected chi connectivity index (χ2v) is 6.52. The fourth-order valence-corrected chi connectivity index (χ4v) is 4.96. The van der Waals surface area contributed by atoms with E-state index in [1.54, 1.807) is 12.1 Å². The quantitative estimate of drug-likeness (QED) is 0.805. The van der Waals surface area contributed by atoms with Crippen LogP contribution >= 0.6 is 0 Å². The molecular weight excluding hydrogens is 261 g/mol. The Balaban J connectivity index is 1.96. The number of benzene rings is 2. The van der Waals surface area contributed by atoms with Crippen molar-refractivity contribution in [1.82, 2.24) is 0 Å². The van der Waals surface area contributed by atoms with E-state index in [4.69, 9.17) is 5.73 Å². The highest BCUT2D eigenvalue weighted by atomic mass is 19.1. The predicted octanol–water partition coefficient (Wildman–Crippen LogP) is 4.51. The highest BCUT2D eigenvalue weighted by molar-refractivity contribution is 5.49. The van der Waals surface area contributed by atoms with E-state index in [0.29, 0.717) is 11.8 Å². The minimum absolute atomic E-state index is 0.0619. The molecule has 2 aromatic rings. The number of hydrogen-bond acceptors (Lipinski definition) is 1. The van der Waals surface area contributed by atoms with Crippen molar-refractivity contribution in [2.24, 2.45) is 11.8 Å². The zero-order valence-electron chi connectivity index (χ0n) is 12.1. The average molecular weight is 281 g/mol. The van der Waals surface area contributed by atoms with Crippen LogP contribution in [0.5, 0.6) is 0 Å². The molecule has 2 saturated carbocycles. The van der Waals surface area contributed by atoms with Crippen LogP contribution in [0.15, 0.2) is 48.5 Å². The van der Waals surface area contributed by atoms with Gasteiger partial charge in [0.25, 0.3) is 0 Å². The average Bonchev–Trinajstić information content (AvgIpc) is 3.04. The second kappa shape index (κ2) is 4.59. The third kappa shape index (κ3) is 1.68. The van der Waals surface area contributed by atoms with Crippen molar-refractivity contribution in [2.45, 2.75) is 31.1 Å². The van der Waals surface area contributed by atoms with Crippen molar-refractivity contribution >= 4 is 5.69 Å². The lowest BCUT2D eigenvalue weighted by Gasteiger charge is -2.36. The molecule has 0 heterocycles. The van der Waals surface area contributed by atoms with Gasteiger partial charge in [0.2, 0.25) is 0 Å². The van der Waals surface area contributed by atoms with E-state index in [-0.39, 0.29) is 11.2 Å². The first-order chi connectivity index (χ1) is 10.2. The first-order valence-corrected chi connectivity index (χ1v) is 7.84. The van der Waals surface area contributed by atoms with E-state index in [0.717, 1.165) is 11.3 Å². The fourth-order valence-electron chi connectivity index (χ4n) is 4.96. The number of rotatable bonds is 2. The van der Waals surface area contributed by atoms with Crippen LogP contribution in [0.4, 0.5) is 10.1 Å². The molecule has 0 unspecified atom stereocenters. The van der Waals surface area contributed by atoms with Gasteiger partial charge in [-0.25, -0.2) is 4.39 Å². The van der Waals surface area contributed by atoms with Crippen LogP contribution in [0.1, 0.15) is 36.8 Å². The normalized spacial score (nSPS) is 30.7. The molecule has 108 valence electrons. The van der Waals surface area contributed by atoms with Gasteiger partial charge in [0.1, 0.15) is 5.82 Å². The standard InChI is InChI=1S/C19H20FN/c20-18-4-2-1-3-17(18)19(13-5-6-14(19)8-7-13)15-9-11-16(21)12-10-15/h1-4,9-14H,5-8,21H2. The van der Waals surface area contributed by atoms with E-state index in [1.807, 2.05) is 24.3 Å². The van der Waals surface area contributed by atoms with E-state index in [2.05, 4.69) is 12.1 Å². The van der Waals surface area contributed by atoms with Gasteiger partial charge in [-0.3, -0.25) is 0 Å². The van der Waals surface area contributed by atoms with Crippen molar-refractivity contribution in [3.05, 3.63) is 65.5 Å². The summed E-state index contributed by atoms with van der Waals surface area (Å²) in [6, 6.07) is 15.5. The van der Waals surface area contributed by atoms with Crippen LogP contribution in [-0.4, -0.2) is 0 Å². The molecule has 0 aliphatic heterocycles. The number of hydrogen-bond donors (Lipinski definition) is 1. The molecule has 0 atom stereocenters. The SMILES string of the molecule is Nc1ccc(C2(c3ccccc3F)C3CCC2CC3)cc1. The number of nitrogens with two attached hydrogens (primary N) is 1. The molecular formula is C19H20FN. The highest BCUT2D eigenvalue weighted by Gasteiger charge is 2.56. The molecule has 2 fully saturated rings. The zero-order valence-corrected chi connectivity index (χ0v) is 12.1. The predicted molar refractivity (Wildman–Crippen MR) is 83.5 cm³/mol. The summed E-state index contributed by atoms with van der Waals surface area (Å²) in [5.74, 6) is 1.05. The summed E-state index contributed by atoms with van der Waals surface area (Å²) in [7, 11) is 0. The Morgan fingerprint density at radius 2 is 1.43 bits per heavy atom. The van der Waals surface area contributed by atoms with Gasteiger partial charge in [0, 0.05) is 11.1 Å². The van der Waals surface area contributed by atoms with Crippen LogP contribution in [0.2, 0.25) is 0 Å². The van der Waals surface area contributed by atoms with Crippen LogP contribution in [0.3, 0.4) is 0 Å². The number of fused-ring (bicyclic) bond motifs is 2. The van der Waals surface area contributed by atoms with Gasteiger partial charge in [-0.2, -0.15) is 0 Å². The molecule has 0 saturated heterocycles. The Bertz CT molecular complexity index is 642. The first-order valence-electron chi connectivity index (χ1n) is 7.84. The minimum atomic E-state index is -0.140. The van der Waals surface area contributed by atoms with Crippen molar-refractivity contribution in [3.63, 3.8) is 0 Å². The third-order valence-corrected chi connectivity index (χ3v) is 5.72. The summed E-state index contributed by atoms with van der Waals surface area (Å²) >= 11 is 0. The smallest absolute Gasteiger partial charge is 0.127 e. The van der Waals surface area contributed by atoms with Gasteiger partial charge in [0.05, 0.1) is 0 Å². The molecule has 2 aliphatic rings. The molecule has 2 heteroatoms. The molecule has 0 amide bonds. The maximum absolute atomic E-state index is 14.6. The van der Waals surface area contributed by atoms with Crippen LogP contribution in [0, 0.1) is 17.7 Å². The molecule has 21 heavy (non-hydrogen) atoms. The van der Waals surface area contributed by atoms with Crippen LogP contribution in [0.25, 0.3) is 0 Å². The maximum atomic E-state index is 14.6.